The molecule has 2 amide bonds. The van der Waals surface area contributed by atoms with E-state index >= 15 is 0 Å². The molecule has 6 nitrogen and oxygen atoms in total. The first kappa shape index (κ1) is 15.5. The number of nitrogens with one attached hydrogen (secondary N) is 1. The first-order valence-electron chi connectivity index (χ1n) is 6.35. The maximum atomic E-state index is 11.9. The molecule has 0 aromatic heterocycles. The van der Waals surface area contributed by atoms with E-state index in [-0.39, 0.29) is 22.7 Å². The van der Waals surface area contributed by atoms with Crippen LogP contribution < -0.4 is 11.2 Å². The van der Waals surface area contributed by atoms with Gasteiger partial charge in [-0.3, -0.25) is 4.79 Å². The second kappa shape index (κ2) is 5.19. The summed E-state index contributed by atoms with van der Waals surface area (Å²) in [7, 11) is 1.41. The molecule has 1 aliphatic carbocycles. The van der Waals surface area contributed by atoms with Gasteiger partial charge in [0, 0.05) is 11.1 Å². The van der Waals surface area contributed by atoms with Gasteiger partial charge < -0.3 is 10.5 Å². The van der Waals surface area contributed by atoms with Crippen molar-refractivity contribution in [3.05, 3.63) is 0 Å². The van der Waals surface area contributed by atoms with Crippen LogP contribution in [-0.2, 0) is 9.53 Å². The SMILES string of the molecule is COC(=O)[C@H]1CC[C@@](C)(/C(C)=N\NC(N)=O)C1(C)C. The molecule has 1 aliphatic rings. The fraction of sp³-hybridized carbons (Fsp3) is 0.769. The fourth-order valence-electron chi connectivity index (χ4n) is 2.96. The zero-order valence-corrected chi connectivity index (χ0v) is 12.2. The molecule has 0 bridgehead atoms. The largest absolute Gasteiger partial charge is 0.469 e. The van der Waals surface area contributed by atoms with Gasteiger partial charge in [-0.25, -0.2) is 10.2 Å². The minimum absolute atomic E-state index is 0.166. The number of urea groups is 1. The number of ether oxygens (including phenoxy) is 1. The van der Waals surface area contributed by atoms with E-state index in [1.165, 1.54) is 7.11 Å². The molecule has 3 N–H and O–H groups in total. The molecule has 108 valence electrons. The number of hydrogen-bond acceptors (Lipinski definition) is 4. The number of hydrogen-bond donors (Lipinski definition) is 2. The van der Waals surface area contributed by atoms with Crippen molar-refractivity contribution in [2.24, 2.45) is 27.6 Å². The monoisotopic (exact) mass is 269 g/mol. The molecule has 1 fully saturated rings. The molecular weight excluding hydrogens is 246 g/mol. The van der Waals surface area contributed by atoms with Crippen molar-refractivity contribution in [2.75, 3.05) is 7.11 Å². The summed E-state index contributed by atoms with van der Waals surface area (Å²) < 4.78 is 4.87. The van der Waals surface area contributed by atoms with E-state index in [4.69, 9.17) is 10.5 Å². The Kier molecular flexibility index (Phi) is 4.22. The van der Waals surface area contributed by atoms with Crippen LogP contribution in [0.3, 0.4) is 0 Å². The topological polar surface area (TPSA) is 93.8 Å². The third-order valence-corrected chi connectivity index (χ3v) is 4.84. The smallest absolute Gasteiger partial charge is 0.332 e. The molecule has 1 saturated carbocycles. The number of esters is 1. The van der Waals surface area contributed by atoms with Crippen molar-refractivity contribution >= 4 is 17.7 Å². The lowest BCUT2D eigenvalue weighted by atomic mass is 9.63. The second-order valence-electron chi connectivity index (χ2n) is 5.84. The van der Waals surface area contributed by atoms with Crippen LogP contribution in [0.1, 0.15) is 40.5 Å². The van der Waals surface area contributed by atoms with Crippen molar-refractivity contribution in [1.82, 2.24) is 5.43 Å². The van der Waals surface area contributed by atoms with Crippen molar-refractivity contribution in [2.45, 2.75) is 40.5 Å². The van der Waals surface area contributed by atoms with Crippen LogP contribution in [0.5, 0.6) is 0 Å². The number of amides is 2. The molecule has 0 aliphatic heterocycles. The highest BCUT2D eigenvalue weighted by Gasteiger charge is 2.56. The van der Waals surface area contributed by atoms with Gasteiger partial charge in [0.2, 0.25) is 0 Å². The normalized spacial score (nSPS) is 29.9. The molecule has 0 aromatic rings. The molecule has 1 rings (SSSR count). The Balaban J connectivity index is 3.03. The zero-order valence-electron chi connectivity index (χ0n) is 12.2. The number of nitrogens with two attached hydrogens (primary N) is 1. The number of primary amides is 1. The summed E-state index contributed by atoms with van der Waals surface area (Å²) in [4.78, 5) is 22.6. The highest BCUT2D eigenvalue weighted by Crippen LogP contribution is 2.56. The van der Waals surface area contributed by atoms with Gasteiger partial charge in [-0.15, -0.1) is 0 Å². The van der Waals surface area contributed by atoms with Gasteiger partial charge in [0.15, 0.2) is 0 Å². The second-order valence-corrected chi connectivity index (χ2v) is 5.84. The average molecular weight is 269 g/mol. The van der Waals surface area contributed by atoms with E-state index in [9.17, 15) is 9.59 Å². The minimum Gasteiger partial charge on any atom is -0.469 e. The van der Waals surface area contributed by atoms with Crippen LogP contribution in [0.15, 0.2) is 5.10 Å². The van der Waals surface area contributed by atoms with Crippen LogP contribution in [-0.4, -0.2) is 24.8 Å². The van der Waals surface area contributed by atoms with E-state index in [1.54, 1.807) is 0 Å². The zero-order chi connectivity index (χ0) is 14.8. The highest BCUT2D eigenvalue weighted by atomic mass is 16.5. The molecule has 0 radical (unpaired) electrons. The maximum Gasteiger partial charge on any atom is 0.332 e. The lowest BCUT2D eigenvalue weighted by Crippen LogP contribution is -2.43. The van der Waals surface area contributed by atoms with Crippen LogP contribution >= 0.6 is 0 Å². The number of hydrazone groups is 1. The van der Waals surface area contributed by atoms with Crippen LogP contribution in [0.4, 0.5) is 4.79 Å². The minimum atomic E-state index is -0.691. The lowest BCUT2D eigenvalue weighted by molar-refractivity contribution is -0.149. The van der Waals surface area contributed by atoms with Gasteiger partial charge >= 0.3 is 12.0 Å². The van der Waals surface area contributed by atoms with E-state index in [1.807, 2.05) is 20.8 Å². The Bertz CT molecular complexity index is 417. The molecule has 19 heavy (non-hydrogen) atoms. The third-order valence-electron chi connectivity index (χ3n) is 4.84. The Morgan fingerprint density at radius 2 is 1.95 bits per heavy atom. The van der Waals surface area contributed by atoms with E-state index in [2.05, 4.69) is 17.5 Å². The summed E-state index contributed by atoms with van der Waals surface area (Å²) in [6.45, 7) is 7.96. The molecule has 6 heteroatoms. The maximum absolute atomic E-state index is 11.9. The van der Waals surface area contributed by atoms with Gasteiger partial charge in [0.25, 0.3) is 0 Å². The molecular formula is C13H23N3O3. The number of nitrogens with zero attached hydrogens (tertiary/aromatic N) is 1. The van der Waals surface area contributed by atoms with Gasteiger partial charge in [0.05, 0.1) is 13.0 Å². The molecule has 0 heterocycles. The van der Waals surface area contributed by atoms with E-state index < -0.39 is 6.03 Å². The lowest BCUT2D eigenvalue weighted by Gasteiger charge is -2.40. The quantitative estimate of drug-likeness (QED) is 0.463. The number of rotatable bonds is 3. The third kappa shape index (κ3) is 2.57. The van der Waals surface area contributed by atoms with Crippen LogP contribution in [0.2, 0.25) is 0 Å². The molecule has 0 saturated heterocycles. The highest BCUT2D eigenvalue weighted by molar-refractivity contribution is 5.91. The standard InChI is InChI=1S/C13H23N3O3/c1-8(15-16-11(14)18)13(4)7-6-9(10(17)19-5)12(13,2)3/h9H,6-7H2,1-5H3,(H3,14,16,18)/b15-8-/t9-,13+/m1/s1. The molecule has 0 spiro atoms. The Hall–Kier alpha value is -1.59. The summed E-state index contributed by atoms with van der Waals surface area (Å²) >= 11 is 0. The summed E-state index contributed by atoms with van der Waals surface area (Å²) in [5, 5.41) is 4.03. The predicted octanol–water partition coefficient (Wildman–Crippen LogP) is 1.65. The van der Waals surface area contributed by atoms with Crippen molar-refractivity contribution in [3.63, 3.8) is 0 Å². The summed E-state index contributed by atoms with van der Waals surface area (Å²) in [5.74, 6) is -0.356. The Morgan fingerprint density at radius 1 is 1.37 bits per heavy atom. The molecule has 0 unspecified atom stereocenters. The van der Waals surface area contributed by atoms with Crippen molar-refractivity contribution in [1.29, 1.82) is 0 Å². The van der Waals surface area contributed by atoms with E-state index in [0.717, 1.165) is 18.6 Å². The number of carbonyl (C=O) groups excluding carboxylic acids is 2. The number of carbonyl (C=O) groups is 2. The number of methoxy groups -OCH3 is 1. The average Bonchev–Trinajstić information content (AvgIpc) is 2.57. The van der Waals surface area contributed by atoms with Gasteiger partial charge in [0.1, 0.15) is 0 Å². The van der Waals surface area contributed by atoms with E-state index in [0.29, 0.717) is 0 Å². The molecule has 0 aromatic carbocycles. The predicted molar refractivity (Wildman–Crippen MR) is 72.5 cm³/mol. The van der Waals surface area contributed by atoms with Crippen molar-refractivity contribution < 1.29 is 14.3 Å². The van der Waals surface area contributed by atoms with Crippen LogP contribution in [0, 0.1) is 16.7 Å². The Morgan fingerprint density at radius 3 is 2.42 bits per heavy atom. The van der Waals surface area contributed by atoms with Crippen LogP contribution in [0.25, 0.3) is 0 Å². The molecule has 2 atom stereocenters. The van der Waals surface area contributed by atoms with Gasteiger partial charge in [-0.1, -0.05) is 20.8 Å². The first-order chi connectivity index (χ1) is 8.66. The summed E-state index contributed by atoms with van der Waals surface area (Å²) in [5.41, 5.74) is 7.45. The summed E-state index contributed by atoms with van der Waals surface area (Å²) in [6, 6.07) is -0.691. The summed E-state index contributed by atoms with van der Waals surface area (Å²) in [6.07, 6.45) is 1.56. The van der Waals surface area contributed by atoms with Gasteiger partial charge in [-0.05, 0) is 25.2 Å². The first-order valence-corrected chi connectivity index (χ1v) is 6.35. The van der Waals surface area contributed by atoms with Gasteiger partial charge in [-0.2, -0.15) is 5.10 Å². The fourth-order valence-corrected chi connectivity index (χ4v) is 2.96. The Labute approximate surface area is 113 Å². The van der Waals surface area contributed by atoms with Crippen molar-refractivity contribution in [3.8, 4) is 0 Å².